The Morgan fingerprint density at radius 3 is 2.46 bits per heavy atom. The number of carbonyl (C=O) groups is 1. The maximum atomic E-state index is 14.0. The van der Waals surface area contributed by atoms with Gasteiger partial charge in [0.25, 0.3) is 5.56 Å². The van der Waals surface area contributed by atoms with Crippen molar-refractivity contribution in [3.8, 4) is 17.2 Å². The molecular formula is C30H26N2O6S. The summed E-state index contributed by atoms with van der Waals surface area (Å²) in [5, 5.41) is 9.98. The van der Waals surface area contributed by atoms with Gasteiger partial charge < -0.3 is 19.3 Å². The molecule has 3 aromatic carbocycles. The van der Waals surface area contributed by atoms with Gasteiger partial charge in [-0.15, -0.1) is 0 Å². The minimum atomic E-state index is -0.844. The Morgan fingerprint density at radius 2 is 1.74 bits per heavy atom. The molecule has 198 valence electrons. The second kappa shape index (κ2) is 11.0. The number of esters is 1. The Labute approximate surface area is 228 Å². The molecule has 0 aliphatic carbocycles. The van der Waals surface area contributed by atoms with Gasteiger partial charge in [-0.3, -0.25) is 9.36 Å². The Kier molecular flexibility index (Phi) is 7.33. The molecule has 4 aromatic rings. The van der Waals surface area contributed by atoms with Crippen molar-refractivity contribution < 1.29 is 24.1 Å². The van der Waals surface area contributed by atoms with Crippen LogP contribution in [0.3, 0.4) is 0 Å². The fourth-order valence-corrected chi connectivity index (χ4v) is 5.56. The summed E-state index contributed by atoms with van der Waals surface area (Å²) < 4.78 is 18.3. The first-order valence-corrected chi connectivity index (χ1v) is 13.1. The predicted octanol–water partition coefficient (Wildman–Crippen LogP) is 3.66. The van der Waals surface area contributed by atoms with E-state index < -0.39 is 12.0 Å². The lowest BCUT2D eigenvalue weighted by Crippen LogP contribution is -2.40. The topological polar surface area (TPSA) is 99.4 Å². The van der Waals surface area contributed by atoms with Gasteiger partial charge in [0.1, 0.15) is 11.8 Å². The first-order valence-electron chi connectivity index (χ1n) is 12.2. The number of aromatic nitrogens is 1. The first-order chi connectivity index (χ1) is 19.0. The molecule has 1 aliphatic heterocycles. The van der Waals surface area contributed by atoms with Crippen LogP contribution in [0.15, 0.2) is 88.2 Å². The minimum absolute atomic E-state index is 0.00105. The van der Waals surface area contributed by atoms with Gasteiger partial charge in [0.2, 0.25) is 0 Å². The maximum Gasteiger partial charge on any atom is 0.338 e. The molecule has 1 aliphatic rings. The summed E-state index contributed by atoms with van der Waals surface area (Å²) in [6.45, 7) is 1.90. The summed E-state index contributed by atoms with van der Waals surface area (Å²) >= 11 is 1.21. The molecule has 2 heterocycles. The lowest BCUT2D eigenvalue weighted by atomic mass is 9.92. The van der Waals surface area contributed by atoms with Crippen LogP contribution in [0.2, 0.25) is 0 Å². The van der Waals surface area contributed by atoms with Crippen LogP contribution in [-0.4, -0.2) is 36.5 Å². The third-order valence-electron chi connectivity index (χ3n) is 6.31. The van der Waals surface area contributed by atoms with E-state index in [4.69, 9.17) is 19.2 Å². The van der Waals surface area contributed by atoms with E-state index in [2.05, 4.69) is 0 Å². The average molecular weight is 543 g/mol. The zero-order valence-corrected chi connectivity index (χ0v) is 22.4. The molecule has 1 unspecified atom stereocenters. The number of thiazole rings is 1. The number of nitrogens with zero attached hydrogens (tertiary/aromatic N) is 2. The van der Waals surface area contributed by atoms with Crippen molar-refractivity contribution in [1.82, 2.24) is 4.57 Å². The quantitative estimate of drug-likeness (QED) is 0.358. The SMILES string of the molecule is CCOC(=O)C1=C(c2ccccc2)N=c2s/c(=C\c3ccc(O)c(OC)c3)c(=O)n2C1c1ccccc1OC. The van der Waals surface area contributed by atoms with Gasteiger partial charge in [-0.1, -0.05) is 65.9 Å². The summed E-state index contributed by atoms with van der Waals surface area (Å²) in [5.41, 5.74) is 2.38. The standard InChI is InChI=1S/C30H26N2O6S/c1-4-38-29(35)25-26(19-10-6-5-7-11-19)31-30-32(27(25)20-12-8-9-13-22(20)36-2)28(34)24(39-30)17-18-14-15-21(33)23(16-18)37-3/h5-17,27,33H,4H2,1-3H3/b24-17-. The Morgan fingerprint density at radius 1 is 1.03 bits per heavy atom. The van der Waals surface area contributed by atoms with Crippen LogP contribution in [0.4, 0.5) is 0 Å². The number of phenolic OH excluding ortho intramolecular Hbond substituents is 1. The Hall–Kier alpha value is -4.63. The van der Waals surface area contributed by atoms with Crippen molar-refractivity contribution in [1.29, 1.82) is 0 Å². The third-order valence-corrected chi connectivity index (χ3v) is 7.29. The minimum Gasteiger partial charge on any atom is -0.504 e. The lowest BCUT2D eigenvalue weighted by Gasteiger charge is -2.27. The van der Waals surface area contributed by atoms with E-state index in [1.165, 1.54) is 29.1 Å². The van der Waals surface area contributed by atoms with Crippen LogP contribution in [0.25, 0.3) is 11.8 Å². The summed E-state index contributed by atoms with van der Waals surface area (Å²) in [7, 11) is 3.01. The molecule has 1 atom stereocenters. The second-order valence-corrected chi connectivity index (χ2v) is 9.61. The highest BCUT2D eigenvalue weighted by atomic mass is 32.1. The monoisotopic (exact) mass is 542 g/mol. The highest BCUT2D eigenvalue weighted by molar-refractivity contribution is 7.07. The normalized spacial score (nSPS) is 14.9. The Bertz CT molecular complexity index is 1750. The van der Waals surface area contributed by atoms with E-state index in [0.717, 1.165) is 5.56 Å². The molecule has 1 aromatic heterocycles. The second-order valence-electron chi connectivity index (χ2n) is 8.60. The van der Waals surface area contributed by atoms with Crippen molar-refractivity contribution in [3.63, 3.8) is 0 Å². The van der Waals surface area contributed by atoms with E-state index in [1.807, 2.05) is 48.5 Å². The molecule has 0 amide bonds. The van der Waals surface area contributed by atoms with Gasteiger partial charge in [-0.05, 0) is 36.8 Å². The number of phenols is 1. The number of hydrogen-bond acceptors (Lipinski definition) is 8. The number of ether oxygens (including phenoxy) is 3. The molecule has 0 spiro atoms. The van der Waals surface area contributed by atoms with Gasteiger partial charge >= 0.3 is 5.97 Å². The molecule has 5 rings (SSSR count). The summed E-state index contributed by atoms with van der Waals surface area (Å²) in [4.78, 5) is 32.8. The average Bonchev–Trinajstić information content (AvgIpc) is 3.27. The van der Waals surface area contributed by atoms with Crippen LogP contribution in [0.5, 0.6) is 17.2 Å². The zero-order chi connectivity index (χ0) is 27.5. The molecule has 0 saturated heterocycles. The predicted molar refractivity (Wildman–Crippen MR) is 149 cm³/mol. The maximum absolute atomic E-state index is 14.0. The number of aromatic hydroxyl groups is 1. The number of rotatable bonds is 7. The summed E-state index contributed by atoms with van der Waals surface area (Å²) in [5.74, 6) is 0.253. The lowest BCUT2D eigenvalue weighted by molar-refractivity contribution is -0.138. The van der Waals surface area contributed by atoms with Gasteiger partial charge in [0.05, 0.1) is 36.6 Å². The summed E-state index contributed by atoms with van der Waals surface area (Å²) in [6, 6.07) is 20.6. The van der Waals surface area contributed by atoms with Gasteiger partial charge in [-0.2, -0.15) is 0 Å². The van der Waals surface area contributed by atoms with Crippen molar-refractivity contribution in [2.45, 2.75) is 13.0 Å². The first kappa shape index (κ1) is 26.0. The highest BCUT2D eigenvalue weighted by Gasteiger charge is 2.36. The van der Waals surface area contributed by atoms with Crippen LogP contribution in [0, 0.1) is 0 Å². The van der Waals surface area contributed by atoms with Gasteiger partial charge in [-0.25, -0.2) is 9.79 Å². The molecular weight excluding hydrogens is 516 g/mol. The number of fused-ring (bicyclic) bond motifs is 1. The van der Waals surface area contributed by atoms with E-state index in [-0.39, 0.29) is 23.5 Å². The number of carbonyl (C=O) groups excluding carboxylic acids is 1. The van der Waals surface area contributed by atoms with Gasteiger partial charge in [0.15, 0.2) is 16.3 Å². The van der Waals surface area contributed by atoms with Crippen LogP contribution in [-0.2, 0) is 9.53 Å². The molecule has 0 fully saturated rings. The van der Waals surface area contributed by atoms with Crippen molar-refractivity contribution >= 4 is 29.1 Å². The fourth-order valence-electron chi connectivity index (χ4n) is 4.56. The van der Waals surface area contributed by atoms with E-state index in [9.17, 15) is 14.7 Å². The van der Waals surface area contributed by atoms with E-state index in [0.29, 0.717) is 37.7 Å². The highest BCUT2D eigenvalue weighted by Crippen LogP contribution is 2.38. The largest absolute Gasteiger partial charge is 0.504 e. The van der Waals surface area contributed by atoms with Crippen molar-refractivity contribution in [3.05, 3.63) is 115 Å². The van der Waals surface area contributed by atoms with E-state index in [1.54, 1.807) is 38.3 Å². The molecule has 39 heavy (non-hydrogen) atoms. The number of benzene rings is 3. The Balaban J connectivity index is 1.84. The van der Waals surface area contributed by atoms with Gasteiger partial charge in [0, 0.05) is 11.1 Å². The molecule has 0 radical (unpaired) electrons. The van der Waals surface area contributed by atoms with Crippen molar-refractivity contribution in [2.24, 2.45) is 4.99 Å². The number of hydrogen-bond donors (Lipinski definition) is 1. The summed E-state index contributed by atoms with van der Waals surface area (Å²) in [6.07, 6.45) is 1.71. The molecule has 0 saturated carbocycles. The number of methoxy groups -OCH3 is 2. The van der Waals surface area contributed by atoms with Crippen LogP contribution >= 0.6 is 11.3 Å². The molecule has 0 bridgehead atoms. The van der Waals surface area contributed by atoms with Crippen LogP contribution in [0.1, 0.15) is 29.7 Å². The number of para-hydroxylation sites is 1. The molecule has 9 heteroatoms. The smallest absolute Gasteiger partial charge is 0.338 e. The van der Waals surface area contributed by atoms with Crippen LogP contribution < -0.4 is 24.4 Å². The van der Waals surface area contributed by atoms with Crippen molar-refractivity contribution in [2.75, 3.05) is 20.8 Å². The fraction of sp³-hybridized carbons (Fsp3) is 0.167. The zero-order valence-electron chi connectivity index (χ0n) is 21.6. The third kappa shape index (κ3) is 4.84. The molecule has 8 nitrogen and oxygen atoms in total. The molecule has 1 N–H and O–H groups in total. The van der Waals surface area contributed by atoms with E-state index >= 15 is 0 Å².